The average molecular weight is 297 g/mol. The molecular formula is C11H15N5O3S. The van der Waals surface area contributed by atoms with Crippen LogP contribution < -0.4 is 5.32 Å². The first-order chi connectivity index (χ1) is 9.50. The summed E-state index contributed by atoms with van der Waals surface area (Å²) >= 11 is 0. The van der Waals surface area contributed by atoms with Crippen molar-refractivity contribution < 1.29 is 13.2 Å². The zero-order valence-corrected chi connectivity index (χ0v) is 12.0. The minimum atomic E-state index is -3.49. The molecule has 0 amide bonds. The van der Waals surface area contributed by atoms with Gasteiger partial charge in [0, 0.05) is 19.9 Å². The normalized spacial score (nSPS) is 19.6. The second kappa shape index (κ2) is 4.67. The largest absolute Gasteiger partial charge is 0.372 e. The fourth-order valence-electron chi connectivity index (χ4n) is 2.23. The molecule has 0 aromatic carbocycles. The van der Waals surface area contributed by atoms with Crippen LogP contribution in [-0.2, 0) is 14.6 Å². The molecule has 1 fully saturated rings. The van der Waals surface area contributed by atoms with Crippen LogP contribution in [-0.4, -0.2) is 48.1 Å². The maximum absolute atomic E-state index is 11.7. The van der Waals surface area contributed by atoms with Crippen LogP contribution in [0.15, 0.2) is 11.4 Å². The average Bonchev–Trinajstić information content (AvgIpc) is 3.04. The molecule has 8 nitrogen and oxygen atoms in total. The van der Waals surface area contributed by atoms with E-state index in [1.807, 2.05) is 0 Å². The number of ether oxygens (including phenoxy) is 1. The second-order valence-electron chi connectivity index (χ2n) is 4.67. The predicted molar refractivity (Wildman–Crippen MR) is 72.2 cm³/mol. The SMILES string of the molecule is CNc1nc(S(C)(=O)=O)nc2c1cnn2C1CCCO1. The summed E-state index contributed by atoms with van der Waals surface area (Å²) in [7, 11) is -1.81. The first-order valence-electron chi connectivity index (χ1n) is 6.25. The van der Waals surface area contributed by atoms with E-state index in [0.29, 0.717) is 23.5 Å². The Morgan fingerprint density at radius 3 is 2.85 bits per heavy atom. The molecular weight excluding hydrogens is 282 g/mol. The Hall–Kier alpha value is -1.74. The first kappa shape index (κ1) is 13.3. The highest BCUT2D eigenvalue weighted by Crippen LogP contribution is 2.28. The fourth-order valence-corrected chi connectivity index (χ4v) is 2.74. The van der Waals surface area contributed by atoms with E-state index < -0.39 is 9.84 Å². The van der Waals surface area contributed by atoms with Crippen LogP contribution in [0.3, 0.4) is 0 Å². The summed E-state index contributed by atoms with van der Waals surface area (Å²) in [6.07, 6.45) is 4.30. The van der Waals surface area contributed by atoms with E-state index in [9.17, 15) is 8.42 Å². The summed E-state index contributed by atoms with van der Waals surface area (Å²) in [6, 6.07) is 0. The third-order valence-electron chi connectivity index (χ3n) is 3.18. The van der Waals surface area contributed by atoms with Crippen molar-refractivity contribution in [3.63, 3.8) is 0 Å². The van der Waals surface area contributed by atoms with Gasteiger partial charge in [-0.05, 0) is 12.8 Å². The van der Waals surface area contributed by atoms with Crippen LogP contribution >= 0.6 is 0 Å². The molecule has 2 aromatic rings. The van der Waals surface area contributed by atoms with Crippen molar-refractivity contribution in [1.82, 2.24) is 19.7 Å². The summed E-state index contributed by atoms with van der Waals surface area (Å²) in [5, 5.41) is 7.60. The lowest BCUT2D eigenvalue weighted by Crippen LogP contribution is -2.12. The highest BCUT2D eigenvalue weighted by atomic mass is 32.2. The molecule has 1 saturated heterocycles. The van der Waals surface area contributed by atoms with Crippen molar-refractivity contribution in [3.8, 4) is 0 Å². The number of hydrogen-bond donors (Lipinski definition) is 1. The molecule has 1 atom stereocenters. The highest BCUT2D eigenvalue weighted by Gasteiger charge is 2.24. The minimum Gasteiger partial charge on any atom is -0.372 e. The number of rotatable bonds is 3. The molecule has 20 heavy (non-hydrogen) atoms. The van der Waals surface area contributed by atoms with E-state index in [2.05, 4.69) is 20.4 Å². The predicted octanol–water partition coefficient (Wildman–Crippen LogP) is 0.580. The van der Waals surface area contributed by atoms with Gasteiger partial charge in [-0.15, -0.1) is 0 Å². The summed E-state index contributed by atoms with van der Waals surface area (Å²) in [5.74, 6) is 0.444. The van der Waals surface area contributed by atoms with Crippen molar-refractivity contribution in [2.24, 2.45) is 0 Å². The van der Waals surface area contributed by atoms with Gasteiger partial charge < -0.3 is 10.1 Å². The number of sulfone groups is 1. The van der Waals surface area contributed by atoms with E-state index in [0.717, 1.165) is 19.1 Å². The van der Waals surface area contributed by atoms with Gasteiger partial charge in [-0.2, -0.15) is 10.1 Å². The Balaban J connectivity index is 2.24. The fraction of sp³-hybridized carbons (Fsp3) is 0.545. The molecule has 0 spiro atoms. The smallest absolute Gasteiger partial charge is 0.250 e. The maximum atomic E-state index is 11.7. The summed E-state index contributed by atoms with van der Waals surface area (Å²) in [6.45, 7) is 0.676. The van der Waals surface area contributed by atoms with E-state index >= 15 is 0 Å². The van der Waals surface area contributed by atoms with E-state index in [1.165, 1.54) is 0 Å². The zero-order chi connectivity index (χ0) is 14.3. The molecule has 0 saturated carbocycles. The Bertz CT molecular complexity index is 749. The van der Waals surface area contributed by atoms with Gasteiger partial charge in [0.2, 0.25) is 9.84 Å². The molecule has 0 radical (unpaired) electrons. The standard InChI is InChI=1S/C11H15N5O3S/c1-12-9-7-6-13-16(8-4-3-5-19-8)10(7)15-11(14-9)20(2,17)18/h6,8H,3-5H2,1-2H3,(H,12,14,15). The van der Waals surface area contributed by atoms with Gasteiger partial charge in [-0.3, -0.25) is 0 Å². The third-order valence-corrected chi connectivity index (χ3v) is 4.03. The number of anilines is 1. The molecule has 2 aromatic heterocycles. The molecule has 108 valence electrons. The molecule has 3 rings (SSSR count). The molecule has 1 unspecified atom stereocenters. The van der Waals surface area contributed by atoms with Gasteiger partial charge in [0.05, 0.1) is 11.6 Å². The Kier molecular flexibility index (Phi) is 3.09. The van der Waals surface area contributed by atoms with Crippen LogP contribution in [0.2, 0.25) is 0 Å². The van der Waals surface area contributed by atoms with E-state index in [4.69, 9.17) is 4.74 Å². The van der Waals surface area contributed by atoms with E-state index in [-0.39, 0.29) is 11.4 Å². The number of aromatic nitrogens is 4. The van der Waals surface area contributed by atoms with Crippen molar-refractivity contribution in [1.29, 1.82) is 0 Å². The number of nitrogens with one attached hydrogen (secondary N) is 1. The number of fused-ring (bicyclic) bond motifs is 1. The van der Waals surface area contributed by atoms with Crippen molar-refractivity contribution in [2.45, 2.75) is 24.2 Å². The first-order valence-corrected chi connectivity index (χ1v) is 8.14. The molecule has 1 aliphatic heterocycles. The van der Waals surface area contributed by atoms with Crippen LogP contribution in [0.25, 0.3) is 11.0 Å². The Morgan fingerprint density at radius 2 is 2.25 bits per heavy atom. The third kappa shape index (κ3) is 2.12. The number of hydrogen-bond acceptors (Lipinski definition) is 7. The van der Waals surface area contributed by atoms with Crippen molar-refractivity contribution >= 4 is 26.7 Å². The van der Waals surface area contributed by atoms with Gasteiger partial charge in [-0.1, -0.05) is 0 Å². The molecule has 0 aliphatic carbocycles. The van der Waals surface area contributed by atoms with Gasteiger partial charge in [0.1, 0.15) is 5.82 Å². The van der Waals surface area contributed by atoms with Gasteiger partial charge in [0.15, 0.2) is 11.9 Å². The van der Waals surface area contributed by atoms with Crippen LogP contribution in [0.5, 0.6) is 0 Å². The summed E-state index contributed by atoms with van der Waals surface area (Å²) in [5.41, 5.74) is 0.469. The monoisotopic (exact) mass is 297 g/mol. The van der Waals surface area contributed by atoms with Crippen molar-refractivity contribution in [3.05, 3.63) is 6.20 Å². The topological polar surface area (TPSA) is 99.0 Å². The van der Waals surface area contributed by atoms with Gasteiger partial charge in [-0.25, -0.2) is 18.1 Å². The molecule has 0 bridgehead atoms. The van der Waals surface area contributed by atoms with Crippen LogP contribution in [0.4, 0.5) is 5.82 Å². The Labute approximate surface area is 116 Å². The summed E-state index contributed by atoms with van der Waals surface area (Å²) in [4.78, 5) is 8.17. The van der Waals surface area contributed by atoms with Crippen LogP contribution in [0, 0.1) is 0 Å². The molecule has 3 heterocycles. The molecule has 1 aliphatic rings. The van der Waals surface area contributed by atoms with Crippen molar-refractivity contribution in [2.75, 3.05) is 25.2 Å². The lowest BCUT2D eigenvalue weighted by atomic mass is 10.3. The Morgan fingerprint density at radius 1 is 1.45 bits per heavy atom. The second-order valence-corrected chi connectivity index (χ2v) is 6.58. The van der Waals surface area contributed by atoms with E-state index in [1.54, 1.807) is 17.9 Å². The lowest BCUT2D eigenvalue weighted by Gasteiger charge is -2.11. The highest BCUT2D eigenvalue weighted by molar-refractivity contribution is 7.90. The maximum Gasteiger partial charge on any atom is 0.250 e. The minimum absolute atomic E-state index is 0.195. The lowest BCUT2D eigenvalue weighted by molar-refractivity contribution is 0.0498. The van der Waals surface area contributed by atoms with Gasteiger partial charge >= 0.3 is 0 Å². The summed E-state index contributed by atoms with van der Waals surface area (Å²) < 4.78 is 30.6. The zero-order valence-electron chi connectivity index (χ0n) is 11.2. The van der Waals surface area contributed by atoms with Crippen LogP contribution in [0.1, 0.15) is 19.1 Å². The quantitative estimate of drug-likeness (QED) is 0.827. The van der Waals surface area contributed by atoms with Gasteiger partial charge in [0.25, 0.3) is 5.16 Å². The molecule has 9 heteroatoms. The number of nitrogens with zero attached hydrogens (tertiary/aromatic N) is 4. The molecule has 1 N–H and O–H groups in total.